The lowest BCUT2D eigenvalue weighted by Crippen LogP contribution is -2.49. The molecule has 5 atom stereocenters. The van der Waals surface area contributed by atoms with E-state index in [9.17, 15) is 10.2 Å². The lowest BCUT2D eigenvalue weighted by molar-refractivity contribution is -0.0510. The summed E-state index contributed by atoms with van der Waals surface area (Å²) in [6.07, 6.45) is 3.74. The zero-order valence-electron chi connectivity index (χ0n) is 16.8. The van der Waals surface area contributed by atoms with Crippen LogP contribution in [0.15, 0.2) is 18.6 Å². The number of ether oxygens (including phenoxy) is 1. The molecule has 3 saturated heterocycles. The van der Waals surface area contributed by atoms with Gasteiger partial charge in [0.15, 0.2) is 6.23 Å². The first-order chi connectivity index (χ1) is 14.0. The van der Waals surface area contributed by atoms with E-state index in [0.717, 1.165) is 26.2 Å². The average Bonchev–Trinajstić information content (AvgIpc) is 3.35. The van der Waals surface area contributed by atoms with Crippen molar-refractivity contribution in [2.75, 3.05) is 45.5 Å². The Balaban J connectivity index is 1.31. The van der Waals surface area contributed by atoms with E-state index in [1.165, 1.54) is 25.6 Å². The molecule has 0 bridgehead atoms. The minimum absolute atomic E-state index is 0.361. The molecule has 5 rings (SSSR count). The summed E-state index contributed by atoms with van der Waals surface area (Å²) in [5, 5.41) is 22.1. The Kier molecular flexibility index (Phi) is 4.75. The first-order valence-electron chi connectivity index (χ1n) is 10.5. The molecule has 0 radical (unpaired) electrons. The Hall–Kier alpha value is -1.78. The quantitative estimate of drug-likeness (QED) is 0.660. The number of aliphatic hydroxyl groups excluding tert-OH is 2. The SMILES string of the molecule is CN1CCC2(CCCN(C[C@H]3O[C@@H](n4ccc5c(N)ncnc54)[C@H](O)[C@@H]3O)C2)C1. The van der Waals surface area contributed by atoms with Crippen LogP contribution in [0.5, 0.6) is 0 Å². The van der Waals surface area contributed by atoms with Crippen molar-refractivity contribution in [3.05, 3.63) is 18.6 Å². The second kappa shape index (κ2) is 7.17. The Morgan fingerprint density at radius 2 is 2.07 bits per heavy atom. The smallest absolute Gasteiger partial charge is 0.164 e. The Morgan fingerprint density at radius 1 is 1.21 bits per heavy atom. The van der Waals surface area contributed by atoms with Gasteiger partial charge in [-0.1, -0.05) is 0 Å². The maximum Gasteiger partial charge on any atom is 0.164 e. The average molecular weight is 402 g/mol. The van der Waals surface area contributed by atoms with E-state index in [4.69, 9.17) is 10.5 Å². The normalized spacial score (nSPS) is 36.5. The minimum Gasteiger partial charge on any atom is -0.387 e. The van der Waals surface area contributed by atoms with Crippen LogP contribution in [-0.4, -0.2) is 92.6 Å². The van der Waals surface area contributed by atoms with Gasteiger partial charge in [-0.25, -0.2) is 9.97 Å². The molecule has 0 saturated carbocycles. The standard InChI is InChI=1S/C20H30N6O3/c1-24-8-5-20(10-24)4-2-6-25(11-20)9-14-15(27)16(28)19(29-14)26-7-3-13-17(21)22-12-23-18(13)26/h3,7,12,14-16,19,27-28H,2,4-6,8-11H2,1H3,(H2,21,22,23)/t14-,15-,16-,19-,20?/m1/s1. The third kappa shape index (κ3) is 3.30. The molecule has 9 nitrogen and oxygen atoms in total. The van der Waals surface area contributed by atoms with E-state index >= 15 is 0 Å². The molecule has 1 spiro atoms. The molecule has 3 aliphatic rings. The predicted octanol–water partition coefficient (Wildman–Crippen LogP) is 0.0504. The maximum absolute atomic E-state index is 10.7. The first kappa shape index (κ1) is 19.2. The summed E-state index contributed by atoms with van der Waals surface area (Å²) in [5.41, 5.74) is 6.88. The summed E-state index contributed by atoms with van der Waals surface area (Å²) < 4.78 is 7.90. The van der Waals surface area contributed by atoms with Gasteiger partial charge in [0, 0.05) is 25.8 Å². The van der Waals surface area contributed by atoms with Crippen molar-refractivity contribution in [3.8, 4) is 0 Å². The topological polar surface area (TPSA) is 113 Å². The number of anilines is 1. The highest BCUT2D eigenvalue weighted by molar-refractivity contribution is 5.86. The van der Waals surface area contributed by atoms with Crippen molar-refractivity contribution in [3.63, 3.8) is 0 Å². The third-order valence-electron chi connectivity index (χ3n) is 6.96. The van der Waals surface area contributed by atoms with Crippen LogP contribution < -0.4 is 5.73 Å². The van der Waals surface area contributed by atoms with Crippen LogP contribution >= 0.6 is 0 Å². The van der Waals surface area contributed by atoms with Gasteiger partial charge in [-0.05, 0) is 50.9 Å². The molecule has 2 aromatic heterocycles. The number of hydrogen-bond acceptors (Lipinski definition) is 8. The molecule has 3 fully saturated rings. The fraction of sp³-hybridized carbons (Fsp3) is 0.700. The zero-order chi connectivity index (χ0) is 20.2. The molecule has 9 heteroatoms. The molecule has 5 heterocycles. The van der Waals surface area contributed by atoms with Crippen LogP contribution in [0.3, 0.4) is 0 Å². The van der Waals surface area contributed by atoms with Gasteiger partial charge in [-0.2, -0.15) is 0 Å². The van der Waals surface area contributed by atoms with Crippen LogP contribution in [0.1, 0.15) is 25.5 Å². The summed E-state index contributed by atoms with van der Waals surface area (Å²) in [6.45, 7) is 4.95. The van der Waals surface area contributed by atoms with Gasteiger partial charge >= 0.3 is 0 Å². The van der Waals surface area contributed by atoms with Gasteiger partial charge in [-0.15, -0.1) is 0 Å². The van der Waals surface area contributed by atoms with Crippen molar-refractivity contribution >= 4 is 16.9 Å². The number of nitrogen functional groups attached to an aromatic ring is 1. The molecule has 29 heavy (non-hydrogen) atoms. The number of fused-ring (bicyclic) bond motifs is 1. The number of aliphatic hydroxyl groups is 2. The Bertz CT molecular complexity index is 886. The summed E-state index contributed by atoms with van der Waals surface area (Å²) >= 11 is 0. The molecule has 2 aromatic rings. The van der Waals surface area contributed by atoms with E-state index < -0.39 is 24.5 Å². The molecule has 0 aromatic carbocycles. The van der Waals surface area contributed by atoms with E-state index in [0.29, 0.717) is 28.8 Å². The molecular weight excluding hydrogens is 372 g/mol. The number of piperidine rings is 1. The third-order valence-corrected chi connectivity index (χ3v) is 6.96. The van der Waals surface area contributed by atoms with Crippen LogP contribution in [0.4, 0.5) is 5.82 Å². The van der Waals surface area contributed by atoms with Crippen molar-refractivity contribution in [1.82, 2.24) is 24.3 Å². The van der Waals surface area contributed by atoms with E-state index in [-0.39, 0.29) is 0 Å². The first-order valence-corrected chi connectivity index (χ1v) is 10.5. The number of hydrogen-bond donors (Lipinski definition) is 3. The van der Waals surface area contributed by atoms with Gasteiger partial charge in [-0.3, -0.25) is 0 Å². The molecule has 158 valence electrons. The molecule has 0 amide bonds. The molecule has 3 aliphatic heterocycles. The van der Waals surface area contributed by atoms with Crippen LogP contribution in [-0.2, 0) is 4.74 Å². The largest absolute Gasteiger partial charge is 0.387 e. The van der Waals surface area contributed by atoms with E-state index in [1.54, 1.807) is 10.8 Å². The fourth-order valence-corrected chi connectivity index (χ4v) is 5.52. The molecule has 4 N–H and O–H groups in total. The van der Waals surface area contributed by atoms with Crippen LogP contribution in [0.2, 0.25) is 0 Å². The number of nitrogens with zero attached hydrogens (tertiary/aromatic N) is 5. The lowest BCUT2D eigenvalue weighted by atomic mass is 9.79. The Labute approximate surface area is 170 Å². The van der Waals surface area contributed by atoms with Crippen molar-refractivity contribution in [2.24, 2.45) is 5.41 Å². The highest BCUT2D eigenvalue weighted by Crippen LogP contribution is 2.39. The monoisotopic (exact) mass is 402 g/mol. The summed E-state index contributed by atoms with van der Waals surface area (Å²) in [6, 6.07) is 1.81. The minimum atomic E-state index is -1.02. The number of aromatic nitrogens is 3. The van der Waals surface area contributed by atoms with Crippen LogP contribution in [0, 0.1) is 5.41 Å². The maximum atomic E-state index is 10.7. The highest BCUT2D eigenvalue weighted by atomic mass is 16.6. The van der Waals surface area contributed by atoms with Gasteiger partial charge in [0.1, 0.15) is 36.1 Å². The summed E-state index contributed by atoms with van der Waals surface area (Å²) in [7, 11) is 2.19. The number of likely N-dealkylation sites (tertiary alicyclic amines) is 2. The fourth-order valence-electron chi connectivity index (χ4n) is 5.52. The van der Waals surface area contributed by atoms with Gasteiger partial charge in [0.05, 0.1) is 5.39 Å². The number of nitrogens with two attached hydrogens (primary N) is 1. The second-order valence-corrected chi connectivity index (χ2v) is 9.09. The summed E-state index contributed by atoms with van der Waals surface area (Å²) in [4.78, 5) is 13.1. The molecule has 0 aliphatic carbocycles. The summed E-state index contributed by atoms with van der Waals surface area (Å²) in [5.74, 6) is 0.387. The van der Waals surface area contributed by atoms with Crippen molar-refractivity contribution in [1.29, 1.82) is 0 Å². The van der Waals surface area contributed by atoms with Gasteiger partial charge < -0.3 is 35.1 Å². The molecular formula is C20H30N6O3. The molecule has 1 unspecified atom stereocenters. The van der Waals surface area contributed by atoms with Gasteiger partial charge in [0.2, 0.25) is 0 Å². The zero-order valence-corrected chi connectivity index (χ0v) is 16.8. The van der Waals surface area contributed by atoms with Crippen LogP contribution in [0.25, 0.3) is 11.0 Å². The van der Waals surface area contributed by atoms with E-state index in [2.05, 4.69) is 26.8 Å². The van der Waals surface area contributed by atoms with Crippen molar-refractivity contribution in [2.45, 2.75) is 43.8 Å². The second-order valence-electron chi connectivity index (χ2n) is 9.09. The number of rotatable bonds is 3. The Morgan fingerprint density at radius 3 is 2.86 bits per heavy atom. The van der Waals surface area contributed by atoms with Gasteiger partial charge in [0.25, 0.3) is 0 Å². The lowest BCUT2D eigenvalue weighted by Gasteiger charge is -2.41. The predicted molar refractivity (Wildman–Crippen MR) is 108 cm³/mol. The van der Waals surface area contributed by atoms with E-state index in [1.807, 2.05) is 6.07 Å². The highest BCUT2D eigenvalue weighted by Gasteiger charge is 2.46. The van der Waals surface area contributed by atoms with Crippen molar-refractivity contribution < 1.29 is 14.9 Å².